The van der Waals surface area contributed by atoms with Crippen molar-refractivity contribution in [2.45, 2.75) is 38.9 Å². The fourth-order valence-corrected chi connectivity index (χ4v) is 1.43. The van der Waals surface area contributed by atoms with Crippen LogP contribution in [0.3, 0.4) is 0 Å². The maximum Gasteiger partial charge on any atom is 0.422 e. The average molecular weight is 262 g/mol. The molecule has 6 heteroatoms. The maximum absolute atomic E-state index is 12.1. The minimum absolute atomic E-state index is 0.132. The van der Waals surface area contributed by atoms with E-state index >= 15 is 0 Å². The standard InChI is InChI=1S/C12H17F3N2O/c1-3-9(16)6-10-11(5-4-8(2)17-10)18-7-12(13,14)15/h4-5,9H,3,6-7,16H2,1-2H3. The van der Waals surface area contributed by atoms with Crippen molar-refractivity contribution in [3.05, 3.63) is 23.5 Å². The number of ether oxygens (including phenoxy) is 1. The van der Waals surface area contributed by atoms with Crippen molar-refractivity contribution in [1.29, 1.82) is 0 Å². The quantitative estimate of drug-likeness (QED) is 0.887. The summed E-state index contributed by atoms with van der Waals surface area (Å²) in [6.45, 7) is 2.37. The van der Waals surface area contributed by atoms with Gasteiger partial charge >= 0.3 is 6.18 Å². The first-order valence-corrected chi connectivity index (χ1v) is 5.73. The predicted octanol–water partition coefficient (Wildman–Crippen LogP) is 2.61. The number of nitrogens with zero attached hydrogens (tertiary/aromatic N) is 1. The molecule has 0 saturated carbocycles. The van der Waals surface area contributed by atoms with Crippen molar-refractivity contribution < 1.29 is 17.9 Å². The van der Waals surface area contributed by atoms with Crippen LogP contribution in [0.2, 0.25) is 0 Å². The molecule has 0 aliphatic carbocycles. The van der Waals surface area contributed by atoms with E-state index in [0.717, 1.165) is 12.1 Å². The van der Waals surface area contributed by atoms with Crippen LogP contribution in [0.25, 0.3) is 0 Å². The van der Waals surface area contributed by atoms with E-state index in [1.54, 1.807) is 13.0 Å². The van der Waals surface area contributed by atoms with Crippen LogP contribution < -0.4 is 10.5 Å². The normalized spacial score (nSPS) is 13.4. The lowest BCUT2D eigenvalue weighted by Crippen LogP contribution is -2.24. The molecule has 0 radical (unpaired) electrons. The van der Waals surface area contributed by atoms with Gasteiger partial charge in [0.05, 0.1) is 5.69 Å². The topological polar surface area (TPSA) is 48.1 Å². The molecule has 0 amide bonds. The van der Waals surface area contributed by atoms with E-state index in [0.29, 0.717) is 12.1 Å². The second kappa shape index (κ2) is 6.04. The van der Waals surface area contributed by atoms with E-state index in [1.165, 1.54) is 6.07 Å². The highest BCUT2D eigenvalue weighted by atomic mass is 19.4. The predicted molar refractivity (Wildman–Crippen MR) is 62.5 cm³/mol. The molecule has 0 bridgehead atoms. The van der Waals surface area contributed by atoms with Gasteiger partial charge in [0.15, 0.2) is 6.61 Å². The van der Waals surface area contributed by atoms with Crippen LogP contribution in [0.1, 0.15) is 24.7 Å². The van der Waals surface area contributed by atoms with Crippen LogP contribution in [0.4, 0.5) is 13.2 Å². The maximum atomic E-state index is 12.1. The van der Waals surface area contributed by atoms with Crippen molar-refractivity contribution >= 4 is 0 Å². The molecule has 0 aliphatic heterocycles. The molecule has 0 aromatic carbocycles. The number of pyridine rings is 1. The summed E-state index contributed by atoms with van der Waals surface area (Å²) in [5, 5.41) is 0. The average Bonchev–Trinajstić information content (AvgIpc) is 2.26. The zero-order chi connectivity index (χ0) is 13.8. The number of nitrogens with two attached hydrogens (primary N) is 1. The Balaban J connectivity index is 2.82. The van der Waals surface area contributed by atoms with Gasteiger partial charge in [-0.3, -0.25) is 4.98 Å². The van der Waals surface area contributed by atoms with Crippen LogP contribution in [-0.2, 0) is 6.42 Å². The zero-order valence-corrected chi connectivity index (χ0v) is 10.4. The van der Waals surface area contributed by atoms with Gasteiger partial charge in [0, 0.05) is 18.2 Å². The molecule has 0 spiro atoms. The van der Waals surface area contributed by atoms with Gasteiger partial charge in [-0.05, 0) is 25.5 Å². The molecular formula is C12H17F3N2O. The SMILES string of the molecule is CCC(N)Cc1nc(C)ccc1OCC(F)(F)F. The van der Waals surface area contributed by atoms with Crippen LogP contribution in [0.5, 0.6) is 5.75 Å². The van der Waals surface area contributed by atoms with Crippen LogP contribution >= 0.6 is 0 Å². The molecule has 0 aliphatic rings. The summed E-state index contributed by atoms with van der Waals surface area (Å²) in [4.78, 5) is 4.19. The highest BCUT2D eigenvalue weighted by Crippen LogP contribution is 2.22. The highest BCUT2D eigenvalue weighted by Gasteiger charge is 2.29. The fourth-order valence-electron chi connectivity index (χ4n) is 1.43. The van der Waals surface area contributed by atoms with Crippen molar-refractivity contribution in [1.82, 2.24) is 4.98 Å². The first kappa shape index (κ1) is 14.8. The fraction of sp³-hybridized carbons (Fsp3) is 0.583. The van der Waals surface area contributed by atoms with Crippen molar-refractivity contribution in [2.24, 2.45) is 5.73 Å². The third-order valence-corrected chi connectivity index (χ3v) is 2.44. The highest BCUT2D eigenvalue weighted by molar-refractivity contribution is 5.30. The molecule has 1 atom stereocenters. The van der Waals surface area contributed by atoms with E-state index in [2.05, 4.69) is 4.98 Å². The van der Waals surface area contributed by atoms with Crippen LogP contribution in [-0.4, -0.2) is 23.8 Å². The first-order chi connectivity index (χ1) is 8.31. The van der Waals surface area contributed by atoms with Gasteiger partial charge in [-0.25, -0.2) is 0 Å². The smallest absolute Gasteiger partial charge is 0.422 e. The van der Waals surface area contributed by atoms with E-state index in [-0.39, 0.29) is 11.8 Å². The van der Waals surface area contributed by atoms with Gasteiger partial charge in [0.1, 0.15) is 5.75 Å². The Morgan fingerprint density at radius 3 is 2.61 bits per heavy atom. The summed E-state index contributed by atoms with van der Waals surface area (Å²) >= 11 is 0. The largest absolute Gasteiger partial charge is 0.482 e. The lowest BCUT2D eigenvalue weighted by Gasteiger charge is -2.15. The Kier molecular flexibility index (Phi) is 4.95. The summed E-state index contributed by atoms with van der Waals surface area (Å²) in [7, 11) is 0. The molecule has 0 fully saturated rings. The van der Waals surface area contributed by atoms with E-state index in [9.17, 15) is 13.2 Å². The zero-order valence-electron chi connectivity index (χ0n) is 10.4. The second-order valence-corrected chi connectivity index (χ2v) is 4.17. The molecule has 2 N–H and O–H groups in total. The summed E-state index contributed by atoms with van der Waals surface area (Å²) in [6.07, 6.45) is -3.21. The number of hydrogen-bond acceptors (Lipinski definition) is 3. The summed E-state index contributed by atoms with van der Waals surface area (Å²) < 4.78 is 41.1. The molecular weight excluding hydrogens is 245 g/mol. The molecule has 0 saturated heterocycles. The monoisotopic (exact) mass is 262 g/mol. The third-order valence-electron chi connectivity index (χ3n) is 2.44. The number of alkyl halides is 3. The van der Waals surface area contributed by atoms with E-state index < -0.39 is 12.8 Å². The Morgan fingerprint density at radius 1 is 1.39 bits per heavy atom. The molecule has 1 rings (SSSR count). The number of aromatic nitrogens is 1. The molecule has 18 heavy (non-hydrogen) atoms. The lowest BCUT2D eigenvalue weighted by atomic mass is 10.1. The number of rotatable bonds is 5. The number of aryl methyl sites for hydroxylation is 1. The van der Waals surface area contributed by atoms with E-state index in [4.69, 9.17) is 10.5 Å². The van der Waals surface area contributed by atoms with Gasteiger partial charge in [-0.15, -0.1) is 0 Å². The van der Waals surface area contributed by atoms with Gasteiger partial charge in [0.25, 0.3) is 0 Å². The number of hydrogen-bond donors (Lipinski definition) is 1. The van der Waals surface area contributed by atoms with Gasteiger partial charge in [0.2, 0.25) is 0 Å². The Morgan fingerprint density at radius 2 is 2.06 bits per heavy atom. The van der Waals surface area contributed by atoms with Crippen molar-refractivity contribution in [3.63, 3.8) is 0 Å². The minimum Gasteiger partial charge on any atom is -0.482 e. The van der Waals surface area contributed by atoms with Crippen molar-refractivity contribution in [3.8, 4) is 5.75 Å². The molecule has 1 aromatic heterocycles. The molecule has 1 unspecified atom stereocenters. The van der Waals surface area contributed by atoms with Gasteiger partial charge in [-0.1, -0.05) is 6.92 Å². The van der Waals surface area contributed by atoms with Crippen LogP contribution in [0.15, 0.2) is 12.1 Å². The summed E-state index contributed by atoms with van der Waals surface area (Å²) in [5.41, 5.74) is 7.00. The summed E-state index contributed by atoms with van der Waals surface area (Å²) in [5.74, 6) is 0.154. The summed E-state index contributed by atoms with van der Waals surface area (Å²) in [6, 6.07) is 2.99. The lowest BCUT2D eigenvalue weighted by molar-refractivity contribution is -0.153. The molecule has 102 valence electrons. The Hall–Kier alpha value is -1.30. The van der Waals surface area contributed by atoms with Gasteiger partial charge in [-0.2, -0.15) is 13.2 Å². The molecule has 3 nitrogen and oxygen atoms in total. The van der Waals surface area contributed by atoms with Gasteiger partial charge < -0.3 is 10.5 Å². The van der Waals surface area contributed by atoms with Crippen molar-refractivity contribution in [2.75, 3.05) is 6.61 Å². The molecule has 1 heterocycles. The number of halogens is 3. The van der Waals surface area contributed by atoms with Crippen LogP contribution in [0, 0.1) is 6.92 Å². The molecule has 1 aromatic rings. The second-order valence-electron chi connectivity index (χ2n) is 4.17. The Labute approximate surface area is 104 Å². The third kappa shape index (κ3) is 4.91. The minimum atomic E-state index is -4.35. The Bertz CT molecular complexity index is 393. The van der Waals surface area contributed by atoms with E-state index in [1.807, 2.05) is 6.92 Å². The first-order valence-electron chi connectivity index (χ1n) is 5.73.